The van der Waals surface area contributed by atoms with Gasteiger partial charge in [0.15, 0.2) is 0 Å². The lowest BCUT2D eigenvalue weighted by molar-refractivity contribution is 0.102. The van der Waals surface area contributed by atoms with E-state index in [1.807, 2.05) is 25.1 Å². The molecular weight excluding hydrogens is 393 g/mol. The summed E-state index contributed by atoms with van der Waals surface area (Å²) < 4.78 is 1.67. The standard InChI is InChI=1S/C14H10Br2ClNO/c1-8-2-5-11(16)13(6-8)18-14(19)10-4-3-9(15)7-12(10)17/h2-7H,1H3,(H,18,19). The summed E-state index contributed by atoms with van der Waals surface area (Å²) in [5, 5.41) is 3.25. The first-order valence-corrected chi connectivity index (χ1v) is 7.46. The molecule has 2 rings (SSSR count). The fourth-order valence-corrected chi connectivity index (χ4v) is 2.70. The Morgan fingerprint density at radius 3 is 2.58 bits per heavy atom. The third kappa shape index (κ3) is 3.59. The molecule has 0 aromatic heterocycles. The Morgan fingerprint density at radius 1 is 1.16 bits per heavy atom. The third-order valence-electron chi connectivity index (χ3n) is 2.55. The minimum Gasteiger partial charge on any atom is -0.321 e. The van der Waals surface area contributed by atoms with Crippen molar-refractivity contribution in [1.29, 1.82) is 0 Å². The van der Waals surface area contributed by atoms with Gasteiger partial charge in [0.25, 0.3) is 5.91 Å². The van der Waals surface area contributed by atoms with Crippen molar-refractivity contribution in [3.05, 3.63) is 61.5 Å². The summed E-state index contributed by atoms with van der Waals surface area (Å²) in [5.41, 5.74) is 2.24. The molecule has 0 saturated heterocycles. The summed E-state index contributed by atoms with van der Waals surface area (Å²) in [6.45, 7) is 1.97. The van der Waals surface area contributed by atoms with Gasteiger partial charge in [-0.1, -0.05) is 33.6 Å². The largest absolute Gasteiger partial charge is 0.321 e. The highest BCUT2D eigenvalue weighted by molar-refractivity contribution is 9.10. The number of carbonyl (C=O) groups is 1. The van der Waals surface area contributed by atoms with Crippen LogP contribution in [0, 0.1) is 6.92 Å². The third-order valence-corrected chi connectivity index (χ3v) is 4.04. The first-order chi connectivity index (χ1) is 8.97. The lowest BCUT2D eigenvalue weighted by atomic mass is 10.2. The van der Waals surface area contributed by atoms with Crippen LogP contribution in [-0.2, 0) is 0 Å². The highest BCUT2D eigenvalue weighted by atomic mass is 79.9. The van der Waals surface area contributed by atoms with Crippen LogP contribution in [-0.4, -0.2) is 5.91 Å². The average Bonchev–Trinajstić information content (AvgIpc) is 2.33. The second kappa shape index (κ2) is 6.07. The average molecular weight is 404 g/mol. The first kappa shape index (κ1) is 14.6. The van der Waals surface area contributed by atoms with E-state index in [1.54, 1.807) is 18.2 Å². The number of hydrogen-bond donors (Lipinski definition) is 1. The van der Waals surface area contributed by atoms with Crippen LogP contribution in [0.15, 0.2) is 45.3 Å². The predicted octanol–water partition coefficient (Wildman–Crippen LogP) is 5.43. The van der Waals surface area contributed by atoms with Crippen molar-refractivity contribution in [3.8, 4) is 0 Å². The van der Waals surface area contributed by atoms with E-state index in [0.29, 0.717) is 10.6 Å². The van der Waals surface area contributed by atoms with E-state index in [9.17, 15) is 4.79 Å². The number of carbonyl (C=O) groups excluding carboxylic acids is 1. The summed E-state index contributed by atoms with van der Waals surface area (Å²) in [5.74, 6) is -0.233. The Hall–Kier alpha value is -0.840. The number of aryl methyl sites for hydroxylation is 1. The molecule has 0 atom stereocenters. The van der Waals surface area contributed by atoms with E-state index in [4.69, 9.17) is 11.6 Å². The molecule has 1 amide bonds. The monoisotopic (exact) mass is 401 g/mol. The van der Waals surface area contributed by atoms with Gasteiger partial charge in [0.1, 0.15) is 0 Å². The van der Waals surface area contributed by atoms with E-state index in [-0.39, 0.29) is 5.91 Å². The second-order valence-electron chi connectivity index (χ2n) is 4.06. The Labute approximate surface area is 133 Å². The molecule has 0 saturated carbocycles. The van der Waals surface area contributed by atoms with Gasteiger partial charge in [-0.25, -0.2) is 0 Å². The molecule has 1 N–H and O–H groups in total. The van der Waals surface area contributed by atoms with Crippen LogP contribution in [0.25, 0.3) is 0 Å². The molecular formula is C14H10Br2ClNO. The molecule has 0 spiro atoms. The van der Waals surface area contributed by atoms with E-state index in [2.05, 4.69) is 37.2 Å². The van der Waals surface area contributed by atoms with Crippen molar-refractivity contribution in [3.63, 3.8) is 0 Å². The van der Waals surface area contributed by atoms with Crippen molar-refractivity contribution >= 4 is 55.1 Å². The Kier molecular flexibility index (Phi) is 4.66. The molecule has 0 aliphatic heterocycles. The maximum atomic E-state index is 12.2. The molecule has 5 heteroatoms. The zero-order chi connectivity index (χ0) is 14.0. The van der Waals surface area contributed by atoms with Gasteiger partial charge >= 0.3 is 0 Å². The van der Waals surface area contributed by atoms with Crippen LogP contribution in [0.5, 0.6) is 0 Å². The number of benzene rings is 2. The molecule has 0 aliphatic carbocycles. The van der Waals surface area contributed by atoms with Gasteiger partial charge in [-0.05, 0) is 58.7 Å². The van der Waals surface area contributed by atoms with Crippen LogP contribution in [0.1, 0.15) is 15.9 Å². The van der Waals surface area contributed by atoms with Gasteiger partial charge in [0, 0.05) is 8.95 Å². The Bertz CT molecular complexity index is 643. The molecule has 0 bridgehead atoms. The van der Waals surface area contributed by atoms with Gasteiger partial charge in [0.05, 0.1) is 16.3 Å². The summed E-state index contributed by atoms with van der Waals surface area (Å²) in [6, 6.07) is 10.9. The lowest BCUT2D eigenvalue weighted by Crippen LogP contribution is -2.13. The molecule has 2 nitrogen and oxygen atoms in total. The number of hydrogen-bond acceptors (Lipinski definition) is 1. The number of rotatable bonds is 2. The van der Waals surface area contributed by atoms with Crippen LogP contribution in [0.3, 0.4) is 0 Å². The minimum absolute atomic E-state index is 0.233. The molecule has 2 aromatic carbocycles. The fourth-order valence-electron chi connectivity index (χ4n) is 1.60. The smallest absolute Gasteiger partial charge is 0.257 e. The van der Waals surface area contributed by atoms with Gasteiger partial charge in [-0.15, -0.1) is 0 Å². The van der Waals surface area contributed by atoms with E-state index >= 15 is 0 Å². The number of nitrogens with one attached hydrogen (secondary N) is 1. The summed E-state index contributed by atoms with van der Waals surface area (Å²) in [6.07, 6.45) is 0. The van der Waals surface area contributed by atoms with Gasteiger partial charge < -0.3 is 5.32 Å². The van der Waals surface area contributed by atoms with Crippen molar-refractivity contribution in [2.45, 2.75) is 6.92 Å². The van der Waals surface area contributed by atoms with Crippen LogP contribution >= 0.6 is 43.5 Å². The molecule has 19 heavy (non-hydrogen) atoms. The molecule has 0 fully saturated rings. The van der Waals surface area contributed by atoms with Crippen molar-refractivity contribution < 1.29 is 4.79 Å². The lowest BCUT2D eigenvalue weighted by Gasteiger charge is -2.09. The zero-order valence-corrected chi connectivity index (χ0v) is 13.9. The highest BCUT2D eigenvalue weighted by Crippen LogP contribution is 2.26. The van der Waals surface area contributed by atoms with Crippen LogP contribution < -0.4 is 5.32 Å². The minimum atomic E-state index is -0.233. The van der Waals surface area contributed by atoms with E-state index < -0.39 is 0 Å². The van der Waals surface area contributed by atoms with Crippen LogP contribution in [0.4, 0.5) is 5.69 Å². The van der Waals surface area contributed by atoms with E-state index in [1.165, 1.54) is 0 Å². The molecule has 0 unspecified atom stereocenters. The summed E-state index contributed by atoms with van der Waals surface area (Å²) in [4.78, 5) is 12.2. The number of anilines is 1. The van der Waals surface area contributed by atoms with Crippen molar-refractivity contribution in [2.75, 3.05) is 5.32 Å². The maximum absolute atomic E-state index is 12.2. The Balaban J connectivity index is 2.28. The molecule has 98 valence electrons. The molecule has 0 radical (unpaired) electrons. The zero-order valence-electron chi connectivity index (χ0n) is 10.0. The first-order valence-electron chi connectivity index (χ1n) is 5.50. The van der Waals surface area contributed by atoms with Crippen molar-refractivity contribution in [2.24, 2.45) is 0 Å². The van der Waals surface area contributed by atoms with Gasteiger partial charge in [0.2, 0.25) is 0 Å². The predicted molar refractivity (Wildman–Crippen MR) is 86.0 cm³/mol. The number of halogens is 3. The van der Waals surface area contributed by atoms with Gasteiger partial charge in [-0.3, -0.25) is 4.79 Å². The molecule has 2 aromatic rings. The Morgan fingerprint density at radius 2 is 1.89 bits per heavy atom. The number of amides is 1. The molecule has 0 aliphatic rings. The van der Waals surface area contributed by atoms with E-state index in [0.717, 1.165) is 20.2 Å². The summed E-state index contributed by atoms with van der Waals surface area (Å²) in [7, 11) is 0. The highest BCUT2D eigenvalue weighted by Gasteiger charge is 2.12. The van der Waals surface area contributed by atoms with Gasteiger partial charge in [-0.2, -0.15) is 0 Å². The van der Waals surface area contributed by atoms with Crippen LogP contribution in [0.2, 0.25) is 5.02 Å². The fraction of sp³-hybridized carbons (Fsp3) is 0.0714. The molecule has 0 heterocycles. The SMILES string of the molecule is Cc1ccc(Br)c(NC(=O)c2ccc(Br)cc2Cl)c1. The normalized spacial score (nSPS) is 10.3. The second-order valence-corrected chi connectivity index (χ2v) is 6.24. The van der Waals surface area contributed by atoms with Crippen molar-refractivity contribution in [1.82, 2.24) is 0 Å². The topological polar surface area (TPSA) is 29.1 Å². The summed E-state index contributed by atoms with van der Waals surface area (Å²) >= 11 is 12.8. The quantitative estimate of drug-likeness (QED) is 0.712. The maximum Gasteiger partial charge on any atom is 0.257 e.